The number of thiophene rings is 1. The summed E-state index contributed by atoms with van der Waals surface area (Å²) < 4.78 is 6.83. The molecule has 36 heavy (non-hydrogen) atoms. The van der Waals surface area contributed by atoms with Crippen molar-refractivity contribution in [2.75, 3.05) is 35.3 Å². The molecule has 0 aliphatic rings. The standard InChI is InChI=1S/C14H16ClN3O.C12H18ClNO2S/c1-11-5-3-6-12(2)14(11)18(13(19)9-15)10-17-8-4-7-16-17;1-8-7-17-10(3)12(8)14(11(15)5-13)9(2)6-16-4/h3-8H,9-10H2,1-2H3;7,9H,5-6H2,1-4H3. The number of halogens is 2. The highest BCUT2D eigenvalue weighted by atomic mass is 35.5. The van der Waals surface area contributed by atoms with E-state index in [0.29, 0.717) is 13.3 Å². The minimum atomic E-state index is -0.130. The molecular weight excluding hydrogens is 519 g/mol. The first-order valence-electron chi connectivity index (χ1n) is 11.5. The molecule has 0 spiro atoms. The van der Waals surface area contributed by atoms with Crippen molar-refractivity contribution in [2.24, 2.45) is 0 Å². The molecule has 10 heteroatoms. The van der Waals surface area contributed by atoms with Gasteiger partial charge >= 0.3 is 0 Å². The summed E-state index contributed by atoms with van der Waals surface area (Å²) in [7, 11) is 1.63. The lowest BCUT2D eigenvalue weighted by Crippen LogP contribution is -2.42. The zero-order valence-electron chi connectivity index (χ0n) is 21.6. The summed E-state index contributed by atoms with van der Waals surface area (Å²) >= 11 is 13.0. The largest absolute Gasteiger partial charge is 0.383 e. The maximum Gasteiger partial charge on any atom is 0.243 e. The first kappa shape index (κ1) is 29.8. The van der Waals surface area contributed by atoms with E-state index in [-0.39, 0.29) is 29.6 Å². The Morgan fingerprint density at radius 3 is 2.14 bits per heavy atom. The number of aryl methyl sites for hydroxylation is 4. The Morgan fingerprint density at radius 1 is 1.03 bits per heavy atom. The highest BCUT2D eigenvalue weighted by molar-refractivity contribution is 7.10. The van der Waals surface area contributed by atoms with Crippen LogP contribution in [0.25, 0.3) is 0 Å². The minimum absolute atomic E-state index is 0.0111. The molecule has 2 amide bonds. The Balaban J connectivity index is 0.000000255. The quantitative estimate of drug-likeness (QED) is 0.319. The van der Waals surface area contributed by atoms with Crippen LogP contribution in [-0.2, 0) is 21.0 Å². The lowest BCUT2D eigenvalue weighted by Gasteiger charge is -2.29. The smallest absolute Gasteiger partial charge is 0.243 e. The Bertz CT molecular complexity index is 1090. The molecule has 0 N–H and O–H groups in total. The van der Waals surface area contributed by atoms with Crippen molar-refractivity contribution in [2.45, 2.75) is 47.3 Å². The second kappa shape index (κ2) is 14.4. The number of hydrogen-bond donors (Lipinski definition) is 0. The molecule has 3 aromatic rings. The van der Waals surface area contributed by atoms with Gasteiger partial charge in [-0.05, 0) is 62.8 Å². The SMILES string of the molecule is COCC(C)N(C(=O)CCl)c1c(C)csc1C.Cc1cccc(C)c1N(Cn1cccn1)C(=O)CCl. The van der Waals surface area contributed by atoms with Gasteiger partial charge in [-0.15, -0.1) is 34.5 Å². The molecule has 2 heterocycles. The van der Waals surface area contributed by atoms with Crippen LogP contribution in [0.4, 0.5) is 11.4 Å². The maximum atomic E-state index is 12.1. The third kappa shape index (κ3) is 7.56. The van der Waals surface area contributed by atoms with Gasteiger partial charge < -0.3 is 9.64 Å². The second-order valence-corrected chi connectivity index (χ2v) is 10.0. The number of alkyl halides is 2. The third-order valence-corrected chi connectivity index (χ3v) is 7.04. The van der Waals surface area contributed by atoms with E-state index in [2.05, 4.69) is 10.5 Å². The lowest BCUT2D eigenvalue weighted by atomic mass is 10.1. The number of aromatic nitrogens is 2. The summed E-state index contributed by atoms with van der Waals surface area (Å²) in [6.07, 6.45) is 3.51. The summed E-state index contributed by atoms with van der Waals surface area (Å²) in [6.45, 7) is 10.8. The number of methoxy groups -OCH3 is 1. The molecule has 1 aromatic carbocycles. The Kier molecular flexibility index (Phi) is 11.9. The second-order valence-electron chi connectivity index (χ2n) is 8.41. The van der Waals surface area contributed by atoms with Gasteiger partial charge in [0.15, 0.2) is 0 Å². The average Bonchev–Trinajstić information content (AvgIpc) is 3.48. The molecule has 0 radical (unpaired) electrons. The van der Waals surface area contributed by atoms with Crippen LogP contribution in [0.3, 0.4) is 0 Å². The van der Waals surface area contributed by atoms with Crippen LogP contribution in [0.2, 0.25) is 0 Å². The summed E-state index contributed by atoms with van der Waals surface area (Å²) in [6, 6.07) is 7.76. The summed E-state index contributed by atoms with van der Waals surface area (Å²) in [5.41, 5.74) is 5.08. The van der Waals surface area contributed by atoms with E-state index < -0.39 is 0 Å². The molecule has 0 saturated heterocycles. The average molecular weight is 554 g/mol. The normalized spacial score (nSPS) is 11.4. The molecule has 2 aromatic heterocycles. The third-order valence-electron chi connectivity index (χ3n) is 5.56. The van der Waals surface area contributed by atoms with Crippen molar-refractivity contribution < 1.29 is 14.3 Å². The number of nitrogens with zero attached hydrogens (tertiary/aromatic N) is 4. The van der Waals surface area contributed by atoms with Gasteiger partial charge in [0.25, 0.3) is 0 Å². The van der Waals surface area contributed by atoms with E-state index in [1.165, 1.54) is 0 Å². The number of anilines is 2. The van der Waals surface area contributed by atoms with Gasteiger partial charge in [-0.1, -0.05) is 18.2 Å². The van der Waals surface area contributed by atoms with Crippen LogP contribution < -0.4 is 9.80 Å². The van der Waals surface area contributed by atoms with E-state index in [4.69, 9.17) is 27.9 Å². The monoisotopic (exact) mass is 552 g/mol. The Labute approximate surface area is 227 Å². The number of ether oxygens (including phenoxy) is 1. The lowest BCUT2D eigenvalue weighted by molar-refractivity contribution is -0.117. The zero-order chi connectivity index (χ0) is 26.8. The molecular formula is C26H34Cl2N4O3S. The Hall–Kier alpha value is -2.39. The predicted octanol–water partition coefficient (Wildman–Crippen LogP) is 5.70. The molecule has 0 aliphatic carbocycles. The zero-order valence-corrected chi connectivity index (χ0v) is 24.0. The van der Waals surface area contributed by atoms with Crippen molar-refractivity contribution in [1.82, 2.24) is 9.78 Å². The van der Waals surface area contributed by atoms with E-state index in [0.717, 1.165) is 32.9 Å². The van der Waals surface area contributed by atoms with Gasteiger partial charge in [0.05, 0.1) is 24.0 Å². The predicted molar refractivity (Wildman–Crippen MR) is 150 cm³/mol. The highest BCUT2D eigenvalue weighted by Gasteiger charge is 2.25. The van der Waals surface area contributed by atoms with Crippen molar-refractivity contribution in [3.8, 4) is 0 Å². The van der Waals surface area contributed by atoms with Crippen molar-refractivity contribution >= 4 is 57.7 Å². The van der Waals surface area contributed by atoms with E-state index in [1.807, 2.05) is 65.1 Å². The van der Waals surface area contributed by atoms with Crippen molar-refractivity contribution in [3.63, 3.8) is 0 Å². The molecule has 1 unspecified atom stereocenters. The summed E-state index contributed by atoms with van der Waals surface area (Å²) in [5, 5.41) is 6.19. The first-order valence-corrected chi connectivity index (χ1v) is 13.4. The first-order chi connectivity index (χ1) is 17.2. The van der Waals surface area contributed by atoms with Gasteiger partial charge in [0, 0.05) is 24.4 Å². The van der Waals surface area contributed by atoms with Gasteiger partial charge in [-0.25, -0.2) is 0 Å². The molecule has 0 bridgehead atoms. The number of benzene rings is 1. The van der Waals surface area contributed by atoms with Crippen LogP contribution in [0.5, 0.6) is 0 Å². The number of carbonyl (C=O) groups is 2. The van der Waals surface area contributed by atoms with Crippen LogP contribution in [0.1, 0.15) is 28.5 Å². The fourth-order valence-corrected chi connectivity index (χ4v) is 5.11. The minimum Gasteiger partial charge on any atom is -0.383 e. The number of hydrogen-bond acceptors (Lipinski definition) is 5. The molecule has 196 valence electrons. The fourth-order valence-electron chi connectivity index (χ4n) is 4.00. The topological polar surface area (TPSA) is 67.7 Å². The highest BCUT2D eigenvalue weighted by Crippen LogP contribution is 2.32. The van der Waals surface area contributed by atoms with Gasteiger partial charge in [-0.3, -0.25) is 19.2 Å². The van der Waals surface area contributed by atoms with E-state index in [1.54, 1.807) is 39.1 Å². The van der Waals surface area contributed by atoms with Gasteiger partial charge in [-0.2, -0.15) is 5.10 Å². The molecule has 1 atom stereocenters. The van der Waals surface area contributed by atoms with Crippen LogP contribution in [0, 0.1) is 27.7 Å². The van der Waals surface area contributed by atoms with Gasteiger partial charge in [0.1, 0.15) is 18.4 Å². The molecule has 7 nitrogen and oxygen atoms in total. The summed E-state index contributed by atoms with van der Waals surface area (Å²) in [4.78, 5) is 28.6. The molecule has 0 saturated carbocycles. The summed E-state index contributed by atoms with van der Waals surface area (Å²) in [5.74, 6) is -0.270. The number of para-hydroxylation sites is 1. The fraction of sp³-hybridized carbons (Fsp3) is 0.423. The maximum absolute atomic E-state index is 12.1. The van der Waals surface area contributed by atoms with Crippen molar-refractivity contribution in [1.29, 1.82) is 0 Å². The van der Waals surface area contributed by atoms with Gasteiger partial charge in [0.2, 0.25) is 11.8 Å². The number of amides is 2. The molecule has 3 rings (SSSR count). The Morgan fingerprint density at radius 2 is 1.67 bits per heavy atom. The van der Waals surface area contributed by atoms with E-state index in [9.17, 15) is 9.59 Å². The number of carbonyl (C=O) groups excluding carboxylic acids is 2. The molecule has 0 aliphatic heterocycles. The van der Waals surface area contributed by atoms with Crippen LogP contribution >= 0.6 is 34.5 Å². The van der Waals surface area contributed by atoms with Crippen molar-refractivity contribution in [3.05, 3.63) is 63.6 Å². The van der Waals surface area contributed by atoms with Crippen LogP contribution in [0.15, 0.2) is 42.0 Å². The molecule has 0 fully saturated rings. The number of rotatable bonds is 9. The van der Waals surface area contributed by atoms with Crippen LogP contribution in [-0.4, -0.2) is 53.1 Å². The van der Waals surface area contributed by atoms with E-state index >= 15 is 0 Å².